The summed E-state index contributed by atoms with van der Waals surface area (Å²) < 4.78 is 1.96. The molecular weight excluding hydrogens is 226 g/mol. The number of nitrogens with one attached hydrogen (secondary N) is 3. The molecular formula is C13H21N5. The monoisotopic (exact) mass is 247 g/mol. The van der Waals surface area contributed by atoms with Gasteiger partial charge in [0.2, 0.25) is 0 Å². The molecule has 0 aliphatic heterocycles. The van der Waals surface area contributed by atoms with Gasteiger partial charge in [-0.1, -0.05) is 20.3 Å². The van der Waals surface area contributed by atoms with Gasteiger partial charge in [-0.15, -0.1) is 0 Å². The lowest BCUT2D eigenvalue weighted by molar-refractivity contribution is 0.386. The Hall–Kier alpha value is -1.62. The molecule has 0 spiro atoms. The molecule has 0 saturated heterocycles. The first kappa shape index (κ1) is 12.8. The standard InChI is InChI=1S/C13H21N5/c1-4-9(2)7-16-10(3)18-11-5-6-15-13(11)17-8-12(18)14/h5-6,8-10,14-16H,4,7H2,1-3H3. The van der Waals surface area contributed by atoms with E-state index in [1.807, 2.05) is 16.8 Å². The number of hydrogen-bond acceptors (Lipinski definition) is 3. The van der Waals surface area contributed by atoms with Crippen LogP contribution in [0.25, 0.3) is 11.2 Å². The van der Waals surface area contributed by atoms with E-state index in [0.717, 1.165) is 24.1 Å². The first-order valence-corrected chi connectivity index (χ1v) is 6.46. The number of aromatic nitrogens is 3. The van der Waals surface area contributed by atoms with Gasteiger partial charge in [-0.2, -0.15) is 0 Å². The largest absolute Gasteiger partial charge is 0.345 e. The molecule has 3 N–H and O–H groups in total. The Morgan fingerprint density at radius 1 is 1.50 bits per heavy atom. The molecule has 18 heavy (non-hydrogen) atoms. The minimum atomic E-state index is 0.0906. The Morgan fingerprint density at radius 2 is 2.28 bits per heavy atom. The van der Waals surface area contributed by atoms with Gasteiger partial charge in [0.15, 0.2) is 5.65 Å². The summed E-state index contributed by atoms with van der Waals surface area (Å²) in [4.78, 5) is 7.28. The van der Waals surface area contributed by atoms with Crippen molar-refractivity contribution >= 4 is 11.2 Å². The van der Waals surface area contributed by atoms with Gasteiger partial charge in [0.05, 0.1) is 17.9 Å². The molecule has 0 aromatic carbocycles. The van der Waals surface area contributed by atoms with Crippen LogP contribution in [0.4, 0.5) is 0 Å². The van der Waals surface area contributed by atoms with Crippen LogP contribution in [0, 0.1) is 11.3 Å². The van der Waals surface area contributed by atoms with Crippen LogP contribution in [-0.4, -0.2) is 21.1 Å². The Balaban J connectivity index is 2.26. The Morgan fingerprint density at radius 3 is 3.00 bits per heavy atom. The molecule has 0 aliphatic carbocycles. The van der Waals surface area contributed by atoms with Crippen LogP contribution in [0.15, 0.2) is 18.5 Å². The second-order valence-electron chi connectivity index (χ2n) is 4.82. The van der Waals surface area contributed by atoms with E-state index >= 15 is 0 Å². The molecule has 2 rings (SSSR count). The number of hydrogen-bond donors (Lipinski definition) is 3. The normalized spacial score (nSPS) is 14.8. The van der Waals surface area contributed by atoms with Gasteiger partial charge in [0.1, 0.15) is 5.49 Å². The number of rotatable bonds is 5. The number of nitrogens with zero attached hydrogens (tertiary/aromatic N) is 2. The van der Waals surface area contributed by atoms with E-state index in [1.165, 1.54) is 0 Å². The summed E-state index contributed by atoms with van der Waals surface area (Å²) in [5.41, 5.74) is 2.21. The molecule has 5 nitrogen and oxygen atoms in total. The van der Waals surface area contributed by atoms with Crippen LogP contribution in [0.3, 0.4) is 0 Å². The highest BCUT2D eigenvalue weighted by molar-refractivity contribution is 5.70. The van der Waals surface area contributed by atoms with Crippen molar-refractivity contribution in [2.24, 2.45) is 5.92 Å². The second kappa shape index (κ2) is 5.35. The average Bonchev–Trinajstić information content (AvgIpc) is 2.83. The lowest BCUT2D eigenvalue weighted by Gasteiger charge is -2.20. The van der Waals surface area contributed by atoms with Crippen molar-refractivity contribution in [3.8, 4) is 0 Å². The summed E-state index contributed by atoms with van der Waals surface area (Å²) >= 11 is 0. The van der Waals surface area contributed by atoms with Gasteiger partial charge in [-0.3, -0.25) is 10.7 Å². The van der Waals surface area contributed by atoms with E-state index in [4.69, 9.17) is 5.41 Å². The molecule has 0 bridgehead atoms. The van der Waals surface area contributed by atoms with Crippen LogP contribution in [-0.2, 0) is 0 Å². The lowest BCUT2D eigenvalue weighted by atomic mass is 10.1. The minimum absolute atomic E-state index is 0.0906. The maximum atomic E-state index is 8.00. The fourth-order valence-electron chi connectivity index (χ4n) is 1.99. The third-order valence-electron chi connectivity index (χ3n) is 3.38. The highest BCUT2D eigenvalue weighted by Gasteiger charge is 2.10. The van der Waals surface area contributed by atoms with Gasteiger partial charge in [0, 0.05) is 6.20 Å². The third kappa shape index (κ3) is 2.46. The second-order valence-corrected chi connectivity index (χ2v) is 4.82. The van der Waals surface area contributed by atoms with E-state index in [0.29, 0.717) is 11.4 Å². The summed E-state index contributed by atoms with van der Waals surface area (Å²) in [6, 6.07) is 1.96. The molecule has 0 aliphatic rings. The zero-order chi connectivity index (χ0) is 13.1. The molecule has 0 radical (unpaired) electrons. The summed E-state index contributed by atoms with van der Waals surface area (Å²) in [7, 11) is 0. The van der Waals surface area contributed by atoms with Gasteiger partial charge < -0.3 is 9.55 Å². The molecule has 0 amide bonds. The smallest absolute Gasteiger partial charge is 0.154 e. The summed E-state index contributed by atoms with van der Waals surface area (Å²) in [5, 5.41) is 11.5. The van der Waals surface area contributed by atoms with Crippen LogP contribution in [0.1, 0.15) is 33.4 Å². The van der Waals surface area contributed by atoms with Gasteiger partial charge in [0.25, 0.3) is 0 Å². The average molecular weight is 247 g/mol. The van der Waals surface area contributed by atoms with E-state index in [2.05, 4.69) is 36.1 Å². The topological polar surface area (TPSA) is 69.5 Å². The molecule has 2 unspecified atom stereocenters. The van der Waals surface area contributed by atoms with Crippen molar-refractivity contribution in [1.82, 2.24) is 19.9 Å². The predicted octanol–water partition coefficient (Wildman–Crippen LogP) is 2.00. The molecule has 2 aromatic rings. The van der Waals surface area contributed by atoms with Crippen LogP contribution in [0.5, 0.6) is 0 Å². The van der Waals surface area contributed by atoms with Gasteiger partial charge >= 0.3 is 0 Å². The number of aromatic amines is 1. The maximum Gasteiger partial charge on any atom is 0.154 e. The van der Waals surface area contributed by atoms with Crippen LogP contribution < -0.4 is 10.8 Å². The predicted molar refractivity (Wildman–Crippen MR) is 72.1 cm³/mol. The van der Waals surface area contributed by atoms with Crippen molar-refractivity contribution < 1.29 is 0 Å². The van der Waals surface area contributed by atoms with E-state index in [1.54, 1.807) is 6.20 Å². The fraction of sp³-hybridized carbons (Fsp3) is 0.538. The highest BCUT2D eigenvalue weighted by Crippen LogP contribution is 2.11. The van der Waals surface area contributed by atoms with Gasteiger partial charge in [-0.25, -0.2) is 4.98 Å². The molecule has 2 atom stereocenters. The SMILES string of the molecule is CCC(C)CNC(C)n1c(=N)cnc2[nH]ccc21. The molecule has 2 aromatic heterocycles. The summed E-state index contributed by atoms with van der Waals surface area (Å²) in [6.45, 7) is 7.45. The molecule has 2 heterocycles. The van der Waals surface area contributed by atoms with Gasteiger partial charge in [-0.05, 0) is 25.5 Å². The first-order valence-electron chi connectivity index (χ1n) is 6.46. The van der Waals surface area contributed by atoms with E-state index in [9.17, 15) is 0 Å². The van der Waals surface area contributed by atoms with Crippen molar-refractivity contribution in [1.29, 1.82) is 5.41 Å². The number of H-pyrrole nitrogens is 1. The quantitative estimate of drug-likeness (QED) is 0.756. The fourth-order valence-corrected chi connectivity index (χ4v) is 1.99. The third-order valence-corrected chi connectivity index (χ3v) is 3.38. The molecule has 5 heteroatoms. The van der Waals surface area contributed by atoms with Crippen molar-refractivity contribution in [2.45, 2.75) is 33.4 Å². The Labute approximate surface area is 107 Å². The molecule has 98 valence electrons. The van der Waals surface area contributed by atoms with Crippen molar-refractivity contribution in [3.05, 3.63) is 23.9 Å². The molecule has 0 fully saturated rings. The number of fused-ring (bicyclic) bond motifs is 1. The maximum absolute atomic E-state index is 8.00. The van der Waals surface area contributed by atoms with Crippen LogP contribution in [0.2, 0.25) is 0 Å². The van der Waals surface area contributed by atoms with Crippen LogP contribution >= 0.6 is 0 Å². The summed E-state index contributed by atoms with van der Waals surface area (Å²) in [6.07, 6.45) is 4.69. The van der Waals surface area contributed by atoms with E-state index < -0.39 is 0 Å². The summed E-state index contributed by atoms with van der Waals surface area (Å²) in [5.74, 6) is 0.644. The minimum Gasteiger partial charge on any atom is -0.345 e. The van der Waals surface area contributed by atoms with Crippen molar-refractivity contribution in [3.63, 3.8) is 0 Å². The van der Waals surface area contributed by atoms with E-state index in [-0.39, 0.29) is 6.17 Å². The molecule has 0 saturated carbocycles. The Bertz CT molecular complexity index is 568. The lowest BCUT2D eigenvalue weighted by Crippen LogP contribution is -2.34. The first-order chi connectivity index (χ1) is 8.63. The van der Waals surface area contributed by atoms with Crippen molar-refractivity contribution in [2.75, 3.05) is 6.54 Å². The zero-order valence-electron chi connectivity index (χ0n) is 11.2. The highest BCUT2D eigenvalue weighted by atomic mass is 15.2. The zero-order valence-corrected chi connectivity index (χ0v) is 11.2. The Kier molecular flexibility index (Phi) is 3.81.